The van der Waals surface area contributed by atoms with Gasteiger partial charge < -0.3 is 5.11 Å². The Balaban J connectivity index is 2.67. The molecule has 1 rings (SSSR count). The maximum Gasteiger partial charge on any atom is 0.304 e. The number of aryl methyl sites for hydroxylation is 1. The lowest BCUT2D eigenvalue weighted by atomic mass is 10.1. The molecule has 1 aromatic rings. The maximum absolute atomic E-state index is 10.6. The average molecular weight is 236 g/mol. The molecule has 0 atom stereocenters. The molecule has 0 saturated carbocycles. The minimum atomic E-state index is -0.751. The summed E-state index contributed by atoms with van der Waals surface area (Å²) >= 11 is 0. The van der Waals surface area contributed by atoms with E-state index in [1.54, 1.807) is 6.20 Å². The summed E-state index contributed by atoms with van der Waals surface area (Å²) in [5.41, 5.74) is 2.35. The van der Waals surface area contributed by atoms with Crippen molar-refractivity contribution >= 4 is 5.97 Å². The Bertz CT molecular complexity index is 377. The Morgan fingerprint density at radius 2 is 2.24 bits per heavy atom. The van der Waals surface area contributed by atoms with E-state index in [0.29, 0.717) is 12.6 Å². The Morgan fingerprint density at radius 1 is 1.53 bits per heavy atom. The zero-order valence-corrected chi connectivity index (χ0v) is 10.7. The number of hydrogen-bond acceptors (Lipinski definition) is 3. The lowest BCUT2D eigenvalue weighted by Gasteiger charge is -2.26. The van der Waals surface area contributed by atoms with Crippen molar-refractivity contribution in [3.8, 4) is 0 Å². The van der Waals surface area contributed by atoms with Gasteiger partial charge in [-0.1, -0.05) is 0 Å². The monoisotopic (exact) mass is 236 g/mol. The molecule has 0 unspecified atom stereocenters. The average Bonchev–Trinajstić information content (AvgIpc) is 2.25. The number of hydrogen-bond donors (Lipinski definition) is 1. The summed E-state index contributed by atoms with van der Waals surface area (Å²) in [5, 5.41) is 8.73. The lowest BCUT2D eigenvalue weighted by Crippen LogP contribution is -2.32. The maximum atomic E-state index is 10.6. The van der Waals surface area contributed by atoms with Crippen LogP contribution in [0.15, 0.2) is 18.5 Å². The van der Waals surface area contributed by atoms with Crippen molar-refractivity contribution in [3.05, 3.63) is 29.6 Å². The third-order valence-electron chi connectivity index (χ3n) is 2.86. The van der Waals surface area contributed by atoms with E-state index < -0.39 is 5.97 Å². The zero-order valence-electron chi connectivity index (χ0n) is 10.7. The number of aliphatic carboxylic acids is 1. The van der Waals surface area contributed by atoms with Gasteiger partial charge in [-0.05, 0) is 38.0 Å². The van der Waals surface area contributed by atoms with E-state index in [-0.39, 0.29) is 6.42 Å². The molecule has 1 N–H and O–H groups in total. The summed E-state index contributed by atoms with van der Waals surface area (Å²) in [6.07, 6.45) is 3.80. The van der Waals surface area contributed by atoms with Crippen molar-refractivity contribution in [2.75, 3.05) is 6.54 Å². The standard InChI is InChI=1S/C13H20N2O2/c1-10(2)15(7-5-13(16)17)9-12-8-14-6-4-11(12)3/h4,6,8,10H,5,7,9H2,1-3H3,(H,16,17). The van der Waals surface area contributed by atoms with Gasteiger partial charge in [0.25, 0.3) is 0 Å². The number of pyridine rings is 1. The summed E-state index contributed by atoms with van der Waals surface area (Å²) in [7, 11) is 0. The molecule has 0 aliphatic heterocycles. The first-order chi connectivity index (χ1) is 8.00. The molecule has 1 heterocycles. The number of aromatic nitrogens is 1. The molecule has 0 bridgehead atoms. The van der Waals surface area contributed by atoms with Crippen LogP contribution in [0.3, 0.4) is 0 Å². The van der Waals surface area contributed by atoms with E-state index >= 15 is 0 Å². The molecule has 0 fully saturated rings. The van der Waals surface area contributed by atoms with E-state index in [2.05, 4.69) is 23.7 Å². The van der Waals surface area contributed by atoms with Gasteiger partial charge >= 0.3 is 5.97 Å². The number of carboxylic acid groups (broad SMARTS) is 1. The minimum absolute atomic E-state index is 0.178. The molecule has 0 aliphatic rings. The van der Waals surface area contributed by atoms with Crippen LogP contribution in [0.25, 0.3) is 0 Å². The fourth-order valence-corrected chi connectivity index (χ4v) is 1.64. The molecule has 0 radical (unpaired) electrons. The summed E-state index contributed by atoms with van der Waals surface area (Å²) in [4.78, 5) is 16.9. The highest BCUT2D eigenvalue weighted by Gasteiger charge is 2.12. The fraction of sp³-hybridized carbons (Fsp3) is 0.538. The van der Waals surface area contributed by atoms with Crippen molar-refractivity contribution < 1.29 is 9.90 Å². The van der Waals surface area contributed by atoms with Crippen molar-refractivity contribution in [1.29, 1.82) is 0 Å². The Labute approximate surface area is 102 Å². The smallest absolute Gasteiger partial charge is 0.304 e. The number of carbonyl (C=O) groups is 1. The van der Waals surface area contributed by atoms with Crippen molar-refractivity contribution in [3.63, 3.8) is 0 Å². The SMILES string of the molecule is Cc1ccncc1CN(CCC(=O)O)C(C)C. The van der Waals surface area contributed by atoms with Gasteiger partial charge in [-0.25, -0.2) is 0 Å². The highest BCUT2D eigenvalue weighted by Crippen LogP contribution is 2.11. The van der Waals surface area contributed by atoms with E-state index in [0.717, 1.165) is 12.1 Å². The number of nitrogens with zero attached hydrogens (tertiary/aromatic N) is 2. The molecular formula is C13H20N2O2. The van der Waals surface area contributed by atoms with Crippen molar-refractivity contribution in [2.24, 2.45) is 0 Å². The molecule has 0 spiro atoms. The van der Waals surface area contributed by atoms with E-state index in [4.69, 9.17) is 5.11 Å². The first kappa shape index (κ1) is 13.6. The Kier molecular flexibility index (Phi) is 5.10. The summed E-state index contributed by atoms with van der Waals surface area (Å²) in [6.45, 7) is 7.53. The normalized spacial score (nSPS) is 11.1. The number of rotatable bonds is 6. The molecule has 1 aromatic heterocycles. The Hall–Kier alpha value is -1.42. The van der Waals surface area contributed by atoms with Gasteiger partial charge in [0.15, 0.2) is 0 Å². The second-order valence-corrected chi connectivity index (χ2v) is 4.51. The Morgan fingerprint density at radius 3 is 2.76 bits per heavy atom. The molecular weight excluding hydrogens is 216 g/mol. The van der Waals surface area contributed by atoms with Crippen molar-refractivity contribution in [2.45, 2.75) is 39.8 Å². The second-order valence-electron chi connectivity index (χ2n) is 4.51. The van der Waals surface area contributed by atoms with Crippen LogP contribution in [0.4, 0.5) is 0 Å². The van der Waals surface area contributed by atoms with Gasteiger partial charge in [-0.3, -0.25) is 14.7 Å². The molecule has 94 valence electrons. The molecule has 0 saturated heterocycles. The first-order valence-corrected chi connectivity index (χ1v) is 5.86. The quantitative estimate of drug-likeness (QED) is 0.821. The van der Waals surface area contributed by atoms with Gasteiger partial charge in [0.1, 0.15) is 0 Å². The largest absolute Gasteiger partial charge is 0.481 e. The molecule has 0 aromatic carbocycles. The van der Waals surface area contributed by atoms with Crippen LogP contribution in [0.1, 0.15) is 31.4 Å². The molecule has 0 amide bonds. The van der Waals surface area contributed by atoms with Crippen LogP contribution in [-0.4, -0.2) is 33.5 Å². The van der Waals surface area contributed by atoms with E-state index in [1.807, 2.05) is 19.2 Å². The second kappa shape index (κ2) is 6.35. The van der Waals surface area contributed by atoms with Crippen molar-refractivity contribution in [1.82, 2.24) is 9.88 Å². The minimum Gasteiger partial charge on any atom is -0.481 e. The van der Waals surface area contributed by atoms with Crippen LogP contribution in [-0.2, 0) is 11.3 Å². The topological polar surface area (TPSA) is 53.4 Å². The highest BCUT2D eigenvalue weighted by molar-refractivity contribution is 5.66. The van der Waals surface area contributed by atoms with E-state index in [1.165, 1.54) is 5.56 Å². The summed E-state index contributed by atoms with van der Waals surface area (Å²) in [6, 6.07) is 2.30. The molecule has 17 heavy (non-hydrogen) atoms. The highest BCUT2D eigenvalue weighted by atomic mass is 16.4. The van der Waals surface area contributed by atoms with Gasteiger partial charge in [0, 0.05) is 31.5 Å². The number of carboxylic acids is 1. The van der Waals surface area contributed by atoms with Crippen LogP contribution < -0.4 is 0 Å². The third kappa shape index (κ3) is 4.53. The zero-order chi connectivity index (χ0) is 12.8. The molecule has 4 heteroatoms. The van der Waals surface area contributed by atoms with Crippen LogP contribution in [0.5, 0.6) is 0 Å². The van der Waals surface area contributed by atoms with Crippen LogP contribution in [0.2, 0.25) is 0 Å². The molecule has 0 aliphatic carbocycles. The van der Waals surface area contributed by atoms with Gasteiger partial charge in [-0.2, -0.15) is 0 Å². The predicted octanol–water partition coefficient (Wildman–Crippen LogP) is 2.08. The van der Waals surface area contributed by atoms with Crippen LogP contribution in [0, 0.1) is 6.92 Å². The summed E-state index contributed by atoms with van der Waals surface area (Å²) in [5.74, 6) is -0.751. The van der Waals surface area contributed by atoms with Crippen LogP contribution >= 0.6 is 0 Å². The van der Waals surface area contributed by atoms with E-state index in [9.17, 15) is 4.79 Å². The lowest BCUT2D eigenvalue weighted by molar-refractivity contribution is -0.137. The fourth-order valence-electron chi connectivity index (χ4n) is 1.64. The van der Waals surface area contributed by atoms with Gasteiger partial charge in [-0.15, -0.1) is 0 Å². The van der Waals surface area contributed by atoms with Gasteiger partial charge in [0.05, 0.1) is 6.42 Å². The summed E-state index contributed by atoms with van der Waals surface area (Å²) < 4.78 is 0. The molecule has 4 nitrogen and oxygen atoms in total. The predicted molar refractivity (Wildman–Crippen MR) is 66.8 cm³/mol. The first-order valence-electron chi connectivity index (χ1n) is 5.86. The third-order valence-corrected chi connectivity index (χ3v) is 2.86. The van der Waals surface area contributed by atoms with Gasteiger partial charge in [0.2, 0.25) is 0 Å².